The van der Waals surface area contributed by atoms with Gasteiger partial charge in [-0.2, -0.15) is 26.3 Å². The lowest BCUT2D eigenvalue weighted by Crippen LogP contribution is -2.49. The molecule has 0 aromatic heterocycles. The van der Waals surface area contributed by atoms with Crippen molar-refractivity contribution in [3.63, 3.8) is 0 Å². The molecule has 0 amide bonds. The molecule has 0 N–H and O–H groups in total. The molecule has 9 heteroatoms. The highest BCUT2D eigenvalue weighted by Crippen LogP contribution is 2.42. The number of alkyl halides is 6. The van der Waals surface area contributed by atoms with Crippen molar-refractivity contribution < 1.29 is 34.8 Å². The first-order chi connectivity index (χ1) is 7.91. The Morgan fingerprint density at radius 1 is 0.684 bits per heavy atom. The third kappa shape index (κ3) is 4.85. The largest absolute Gasteiger partial charge is 0.390 e. The molecule has 0 bridgehead atoms. The topological polar surface area (TPSA) is 34.1 Å². The SMILES string of the molecule is CC(C)(CC(F)(F)F)S(=O)(=O)C(C)(C)CC(F)(F)F. The van der Waals surface area contributed by atoms with E-state index in [4.69, 9.17) is 0 Å². The Morgan fingerprint density at radius 2 is 0.895 bits per heavy atom. The molecule has 0 spiro atoms. The summed E-state index contributed by atoms with van der Waals surface area (Å²) < 4.78 is 93.3. The molecule has 19 heavy (non-hydrogen) atoms. The Hall–Kier alpha value is -0.470. The van der Waals surface area contributed by atoms with Gasteiger partial charge in [0.15, 0.2) is 9.84 Å². The number of halogens is 6. The first kappa shape index (κ1) is 18.5. The van der Waals surface area contributed by atoms with Crippen LogP contribution in [0.2, 0.25) is 0 Å². The fraction of sp³-hybridized carbons (Fsp3) is 1.00. The zero-order valence-corrected chi connectivity index (χ0v) is 11.7. The monoisotopic (exact) mass is 314 g/mol. The molecule has 0 aliphatic rings. The molecule has 0 aromatic rings. The van der Waals surface area contributed by atoms with E-state index in [1.54, 1.807) is 0 Å². The fourth-order valence-electron chi connectivity index (χ4n) is 1.90. The third-order valence-electron chi connectivity index (χ3n) is 2.71. The summed E-state index contributed by atoms with van der Waals surface area (Å²) in [7, 11) is -4.64. The van der Waals surface area contributed by atoms with Crippen LogP contribution in [0.1, 0.15) is 40.5 Å². The van der Waals surface area contributed by atoms with E-state index in [2.05, 4.69) is 0 Å². The van der Waals surface area contributed by atoms with Crippen molar-refractivity contribution >= 4 is 9.84 Å². The highest BCUT2D eigenvalue weighted by atomic mass is 32.2. The number of hydrogen-bond acceptors (Lipinski definition) is 2. The van der Waals surface area contributed by atoms with Crippen molar-refractivity contribution in [3.05, 3.63) is 0 Å². The predicted octanol–water partition coefficient (Wildman–Crippen LogP) is 3.86. The van der Waals surface area contributed by atoms with Gasteiger partial charge in [0, 0.05) is 0 Å². The highest BCUT2D eigenvalue weighted by molar-refractivity contribution is 7.94. The lowest BCUT2D eigenvalue weighted by Gasteiger charge is -2.35. The molecule has 0 aliphatic carbocycles. The van der Waals surface area contributed by atoms with E-state index in [0.29, 0.717) is 0 Å². The van der Waals surface area contributed by atoms with Gasteiger partial charge in [-0.1, -0.05) is 0 Å². The van der Waals surface area contributed by atoms with Crippen LogP contribution >= 0.6 is 0 Å². The van der Waals surface area contributed by atoms with Crippen molar-refractivity contribution in [3.8, 4) is 0 Å². The van der Waals surface area contributed by atoms with Crippen molar-refractivity contribution in [2.24, 2.45) is 0 Å². The molecule has 0 atom stereocenters. The highest BCUT2D eigenvalue weighted by Gasteiger charge is 2.54. The number of sulfone groups is 1. The Bertz CT molecular complexity index is 382. The standard InChI is InChI=1S/C10H16F6O2S/c1-7(2,5-9(11,12)13)19(17,18)8(3,4)6-10(14,15)16/h5-6H2,1-4H3. The van der Waals surface area contributed by atoms with E-state index in [0.717, 1.165) is 27.7 Å². The molecule has 0 aliphatic heterocycles. The summed E-state index contributed by atoms with van der Waals surface area (Å²) in [6, 6.07) is 0. The lowest BCUT2D eigenvalue weighted by molar-refractivity contribution is -0.141. The van der Waals surface area contributed by atoms with Crippen LogP contribution in [-0.4, -0.2) is 30.3 Å². The smallest absolute Gasteiger partial charge is 0.228 e. The molecule has 0 unspecified atom stereocenters. The minimum Gasteiger partial charge on any atom is -0.228 e. The van der Waals surface area contributed by atoms with Crippen LogP contribution in [0.15, 0.2) is 0 Å². The summed E-state index contributed by atoms with van der Waals surface area (Å²) in [5.41, 5.74) is 0. The van der Waals surface area contributed by atoms with Crippen molar-refractivity contribution in [1.82, 2.24) is 0 Å². The van der Waals surface area contributed by atoms with E-state index in [1.807, 2.05) is 0 Å². The van der Waals surface area contributed by atoms with Crippen molar-refractivity contribution in [2.45, 2.75) is 62.4 Å². The zero-order chi connectivity index (χ0) is 15.9. The number of rotatable bonds is 4. The summed E-state index contributed by atoms with van der Waals surface area (Å²) >= 11 is 0. The van der Waals surface area contributed by atoms with Gasteiger partial charge in [0.2, 0.25) is 0 Å². The molecule has 0 fully saturated rings. The van der Waals surface area contributed by atoms with Gasteiger partial charge < -0.3 is 0 Å². The molecule has 0 aromatic carbocycles. The summed E-state index contributed by atoms with van der Waals surface area (Å²) in [6.07, 6.45) is -12.9. The van der Waals surface area contributed by atoms with Gasteiger partial charge in [-0.05, 0) is 27.7 Å². The molecule has 0 radical (unpaired) electrons. The van der Waals surface area contributed by atoms with E-state index in [1.165, 1.54) is 0 Å². The quantitative estimate of drug-likeness (QED) is 0.738. The molecule has 0 heterocycles. The lowest BCUT2D eigenvalue weighted by atomic mass is 10.1. The van der Waals surface area contributed by atoms with Gasteiger partial charge in [-0.3, -0.25) is 0 Å². The van der Waals surface area contributed by atoms with Crippen LogP contribution in [0, 0.1) is 0 Å². The Labute approximate surface area is 108 Å². The second-order valence-corrected chi connectivity index (χ2v) is 8.82. The second-order valence-electron chi connectivity index (χ2n) is 5.61. The fourth-order valence-corrected chi connectivity index (χ4v) is 4.11. The van der Waals surface area contributed by atoms with E-state index in [-0.39, 0.29) is 0 Å². The van der Waals surface area contributed by atoms with Gasteiger partial charge in [0.05, 0.1) is 22.3 Å². The molecule has 0 saturated carbocycles. The predicted molar refractivity (Wildman–Crippen MR) is 58.4 cm³/mol. The maximum Gasteiger partial charge on any atom is 0.390 e. The van der Waals surface area contributed by atoms with Gasteiger partial charge in [-0.15, -0.1) is 0 Å². The summed E-state index contributed by atoms with van der Waals surface area (Å²) in [6.45, 7) is 3.14. The van der Waals surface area contributed by atoms with Crippen LogP contribution in [0.4, 0.5) is 26.3 Å². The number of hydrogen-bond donors (Lipinski definition) is 0. The first-order valence-electron chi connectivity index (χ1n) is 5.29. The van der Waals surface area contributed by atoms with Gasteiger partial charge >= 0.3 is 12.4 Å². The van der Waals surface area contributed by atoms with Crippen molar-refractivity contribution in [2.75, 3.05) is 0 Å². The molecular formula is C10H16F6O2S. The average Bonchev–Trinajstić information content (AvgIpc) is 1.92. The molecule has 2 nitrogen and oxygen atoms in total. The van der Waals surface area contributed by atoms with Gasteiger partial charge in [0.1, 0.15) is 0 Å². The normalized spacial score (nSPS) is 15.7. The summed E-state index contributed by atoms with van der Waals surface area (Å²) in [5, 5.41) is 0. The molecule has 116 valence electrons. The van der Waals surface area contributed by atoms with E-state index >= 15 is 0 Å². The molecule has 0 saturated heterocycles. The minimum absolute atomic E-state index is 0.786. The van der Waals surface area contributed by atoms with E-state index < -0.39 is 44.5 Å². The van der Waals surface area contributed by atoms with E-state index in [9.17, 15) is 34.8 Å². The third-order valence-corrected chi connectivity index (χ3v) is 5.91. The summed E-state index contributed by atoms with van der Waals surface area (Å²) in [5.74, 6) is 0. The second kappa shape index (κ2) is 4.82. The summed E-state index contributed by atoms with van der Waals surface area (Å²) in [4.78, 5) is 0. The molecule has 0 rings (SSSR count). The maximum atomic E-state index is 12.3. The van der Waals surface area contributed by atoms with Crippen LogP contribution in [0.5, 0.6) is 0 Å². The van der Waals surface area contributed by atoms with Crippen LogP contribution in [0.3, 0.4) is 0 Å². The van der Waals surface area contributed by atoms with Crippen LogP contribution in [0.25, 0.3) is 0 Å². The Kier molecular flexibility index (Phi) is 4.70. The maximum absolute atomic E-state index is 12.3. The zero-order valence-electron chi connectivity index (χ0n) is 10.9. The van der Waals surface area contributed by atoms with Crippen LogP contribution in [-0.2, 0) is 9.84 Å². The first-order valence-corrected chi connectivity index (χ1v) is 6.77. The van der Waals surface area contributed by atoms with Gasteiger partial charge in [-0.25, -0.2) is 8.42 Å². The minimum atomic E-state index is -4.77. The van der Waals surface area contributed by atoms with Crippen LogP contribution < -0.4 is 0 Å². The average molecular weight is 314 g/mol. The Morgan fingerprint density at radius 3 is 1.05 bits per heavy atom. The Balaban J connectivity index is 5.48. The van der Waals surface area contributed by atoms with Crippen molar-refractivity contribution in [1.29, 1.82) is 0 Å². The molecular weight excluding hydrogens is 298 g/mol. The van der Waals surface area contributed by atoms with Gasteiger partial charge in [0.25, 0.3) is 0 Å².